The van der Waals surface area contributed by atoms with Crippen LogP contribution in [0.2, 0.25) is 0 Å². The van der Waals surface area contributed by atoms with E-state index < -0.39 is 11.7 Å². The van der Waals surface area contributed by atoms with Crippen molar-refractivity contribution in [3.8, 4) is 34.5 Å². The first kappa shape index (κ1) is 21.4. The molecular formula is C24H20FN5OS. The van der Waals surface area contributed by atoms with Gasteiger partial charge in [0.15, 0.2) is 5.13 Å². The fourth-order valence-corrected chi connectivity index (χ4v) is 3.93. The monoisotopic (exact) mass is 445 g/mol. The number of carbonyl (C=O) groups is 1. The normalized spacial score (nSPS) is 10.7. The lowest BCUT2D eigenvalue weighted by atomic mass is 10.1. The Balaban J connectivity index is 1.64. The van der Waals surface area contributed by atoms with E-state index in [2.05, 4.69) is 32.2 Å². The van der Waals surface area contributed by atoms with Crippen molar-refractivity contribution in [1.29, 1.82) is 0 Å². The van der Waals surface area contributed by atoms with Gasteiger partial charge in [-0.25, -0.2) is 14.4 Å². The molecule has 8 heteroatoms. The second-order valence-electron chi connectivity index (χ2n) is 7.20. The minimum absolute atomic E-state index is 0.0535. The topological polar surface area (TPSA) is 72.7 Å². The molecule has 0 atom stereocenters. The highest BCUT2D eigenvalue weighted by molar-refractivity contribution is 7.14. The van der Waals surface area contributed by atoms with Crippen LogP contribution in [0.25, 0.3) is 22.6 Å². The Labute approximate surface area is 189 Å². The van der Waals surface area contributed by atoms with Gasteiger partial charge >= 0.3 is 0 Å². The summed E-state index contributed by atoms with van der Waals surface area (Å²) in [6.45, 7) is 5.61. The van der Waals surface area contributed by atoms with E-state index in [1.54, 1.807) is 29.8 Å². The van der Waals surface area contributed by atoms with E-state index in [9.17, 15) is 9.18 Å². The molecule has 160 valence electrons. The highest BCUT2D eigenvalue weighted by atomic mass is 32.1. The molecule has 0 radical (unpaired) electrons. The van der Waals surface area contributed by atoms with Gasteiger partial charge in [-0.15, -0.1) is 11.3 Å². The minimum atomic E-state index is -0.415. The number of nitrogens with one attached hydrogen (secondary N) is 1. The van der Waals surface area contributed by atoms with Crippen LogP contribution >= 0.6 is 11.3 Å². The number of aromatic nitrogens is 4. The van der Waals surface area contributed by atoms with Crippen molar-refractivity contribution >= 4 is 22.4 Å². The zero-order valence-electron chi connectivity index (χ0n) is 17.8. The fourth-order valence-electron chi connectivity index (χ4n) is 3.23. The average Bonchev–Trinajstić information content (AvgIpc) is 3.42. The molecule has 0 fully saturated rings. The average molecular weight is 446 g/mol. The zero-order valence-corrected chi connectivity index (χ0v) is 18.6. The van der Waals surface area contributed by atoms with Crippen molar-refractivity contribution in [3.63, 3.8) is 0 Å². The predicted molar refractivity (Wildman–Crippen MR) is 124 cm³/mol. The van der Waals surface area contributed by atoms with Gasteiger partial charge in [0.2, 0.25) is 0 Å². The molecule has 4 rings (SSSR count). The molecule has 1 N–H and O–H groups in total. The number of hydrogen-bond donors (Lipinski definition) is 1. The largest absolute Gasteiger partial charge is 0.298 e. The van der Waals surface area contributed by atoms with Crippen LogP contribution in [0.1, 0.15) is 42.9 Å². The summed E-state index contributed by atoms with van der Waals surface area (Å²) in [5.74, 6) is 4.92. The van der Waals surface area contributed by atoms with Crippen molar-refractivity contribution < 1.29 is 9.18 Å². The summed E-state index contributed by atoms with van der Waals surface area (Å²) in [6, 6.07) is 11.8. The Hall–Kier alpha value is -3.83. The molecule has 0 saturated carbocycles. The molecule has 0 spiro atoms. The maximum Gasteiger partial charge on any atom is 0.261 e. The zero-order chi connectivity index (χ0) is 22.7. The number of thiazole rings is 1. The smallest absolute Gasteiger partial charge is 0.261 e. The SMILES string of the molecule is CC#Cc1cccc(-c2csc(NC(=O)c3cnn(C(C)C)c3-c3ccccc3F)n2)n1. The molecule has 0 unspecified atom stereocenters. The molecule has 1 amide bonds. The molecule has 0 aliphatic heterocycles. The van der Waals surface area contributed by atoms with E-state index >= 15 is 0 Å². The van der Waals surface area contributed by atoms with Gasteiger partial charge in [-0.2, -0.15) is 5.10 Å². The van der Waals surface area contributed by atoms with E-state index in [1.807, 2.05) is 37.4 Å². The van der Waals surface area contributed by atoms with Crippen molar-refractivity contribution in [1.82, 2.24) is 19.7 Å². The summed E-state index contributed by atoms with van der Waals surface area (Å²) in [5.41, 5.74) is 2.98. The lowest BCUT2D eigenvalue weighted by molar-refractivity contribution is 0.102. The molecule has 32 heavy (non-hydrogen) atoms. The van der Waals surface area contributed by atoms with E-state index in [1.165, 1.54) is 23.6 Å². The first-order chi connectivity index (χ1) is 15.5. The summed E-state index contributed by atoms with van der Waals surface area (Å²) >= 11 is 1.28. The number of halogens is 1. The Bertz CT molecular complexity index is 1350. The van der Waals surface area contributed by atoms with E-state index in [4.69, 9.17) is 0 Å². The number of benzene rings is 1. The van der Waals surface area contributed by atoms with Gasteiger partial charge in [0.05, 0.1) is 23.1 Å². The standard InChI is InChI=1S/C24H20FN5OS/c1-4-8-16-9-7-12-20(27-16)21-14-32-24(28-21)29-23(31)18-13-26-30(15(2)3)22(18)17-10-5-6-11-19(17)25/h5-7,9-15H,1-3H3,(H,28,29,31). The highest BCUT2D eigenvalue weighted by Crippen LogP contribution is 2.30. The molecule has 3 aromatic heterocycles. The Morgan fingerprint density at radius 1 is 1.12 bits per heavy atom. The second-order valence-corrected chi connectivity index (χ2v) is 8.06. The van der Waals surface area contributed by atoms with Crippen LogP contribution in [0.3, 0.4) is 0 Å². The predicted octanol–water partition coefficient (Wildman–Crippen LogP) is 5.41. The number of nitrogens with zero attached hydrogens (tertiary/aromatic N) is 4. The van der Waals surface area contributed by atoms with Gasteiger partial charge in [-0.1, -0.05) is 24.1 Å². The molecule has 0 aliphatic carbocycles. The summed E-state index contributed by atoms with van der Waals surface area (Å²) in [6.07, 6.45) is 1.46. The Kier molecular flexibility index (Phi) is 6.10. The Morgan fingerprint density at radius 2 is 1.94 bits per heavy atom. The van der Waals surface area contributed by atoms with Crippen LogP contribution in [-0.2, 0) is 0 Å². The van der Waals surface area contributed by atoms with Gasteiger partial charge in [0, 0.05) is 17.0 Å². The lowest BCUT2D eigenvalue weighted by Crippen LogP contribution is -2.14. The Morgan fingerprint density at radius 3 is 2.69 bits per heavy atom. The molecule has 4 aromatic rings. The van der Waals surface area contributed by atoms with Crippen LogP contribution in [-0.4, -0.2) is 25.7 Å². The third kappa shape index (κ3) is 4.29. The van der Waals surface area contributed by atoms with Gasteiger partial charge in [0.25, 0.3) is 5.91 Å². The number of hydrogen-bond acceptors (Lipinski definition) is 5. The summed E-state index contributed by atoms with van der Waals surface area (Å²) < 4.78 is 16.2. The number of carbonyl (C=O) groups excluding carboxylic acids is 1. The first-order valence-electron chi connectivity index (χ1n) is 9.97. The molecule has 0 bridgehead atoms. The quantitative estimate of drug-likeness (QED) is 0.417. The number of amides is 1. The molecule has 3 heterocycles. The first-order valence-corrected chi connectivity index (χ1v) is 10.9. The van der Waals surface area contributed by atoms with Crippen LogP contribution in [0.15, 0.2) is 54.0 Å². The van der Waals surface area contributed by atoms with Gasteiger partial charge < -0.3 is 0 Å². The molecule has 6 nitrogen and oxygen atoms in total. The summed E-state index contributed by atoms with van der Waals surface area (Å²) in [7, 11) is 0. The third-order valence-corrected chi connectivity index (χ3v) is 5.41. The maximum atomic E-state index is 14.5. The van der Waals surface area contributed by atoms with Crippen LogP contribution < -0.4 is 5.32 Å². The maximum absolute atomic E-state index is 14.5. The van der Waals surface area contributed by atoms with Crippen LogP contribution in [0.4, 0.5) is 9.52 Å². The minimum Gasteiger partial charge on any atom is -0.298 e. The molecule has 1 aromatic carbocycles. The lowest BCUT2D eigenvalue weighted by Gasteiger charge is -2.13. The van der Waals surface area contributed by atoms with Gasteiger partial charge in [-0.3, -0.25) is 14.8 Å². The van der Waals surface area contributed by atoms with E-state index in [0.717, 1.165) is 0 Å². The highest BCUT2D eigenvalue weighted by Gasteiger charge is 2.23. The fraction of sp³-hybridized carbons (Fsp3) is 0.167. The van der Waals surface area contributed by atoms with E-state index in [0.29, 0.717) is 33.5 Å². The van der Waals surface area contributed by atoms with Gasteiger partial charge in [-0.05, 0) is 51.0 Å². The van der Waals surface area contributed by atoms with Crippen LogP contribution in [0.5, 0.6) is 0 Å². The second kappa shape index (κ2) is 9.12. The molecule has 0 saturated heterocycles. The number of rotatable bonds is 5. The number of pyridine rings is 1. The number of anilines is 1. The van der Waals surface area contributed by atoms with Crippen molar-refractivity contribution in [2.24, 2.45) is 0 Å². The van der Waals surface area contributed by atoms with E-state index in [-0.39, 0.29) is 11.6 Å². The van der Waals surface area contributed by atoms with Crippen molar-refractivity contribution in [2.45, 2.75) is 26.8 Å². The molecule has 0 aliphatic rings. The summed E-state index contributed by atoms with van der Waals surface area (Å²) in [5, 5.41) is 9.36. The van der Waals surface area contributed by atoms with Crippen LogP contribution in [0, 0.1) is 17.7 Å². The molecular weight excluding hydrogens is 425 g/mol. The van der Waals surface area contributed by atoms with Crippen molar-refractivity contribution in [2.75, 3.05) is 5.32 Å². The summed E-state index contributed by atoms with van der Waals surface area (Å²) in [4.78, 5) is 22.0. The third-order valence-electron chi connectivity index (χ3n) is 4.65. The van der Waals surface area contributed by atoms with Gasteiger partial charge in [0.1, 0.15) is 17.2 Å². The van der Waals surface area contributed by atoms with Crippen molar-refractivity contribution in [3.05, 3.63) is 71.1 Å².